The maximum Gasteiger partial charge on any atom is 0.0973 e. The van der Waals surface area contributed by atoms with Gasteiger partial charge in [-0.1, -0.05) is 297 Å². The van der Waals surface area contributed by atoms with Crippen LogP contribution in [0.4, 0.5) is 0 Å². The number of fused-ring (bicyclic) bond motifs is 25. The molecule has 0 atom stereocenters. The first kappa shape index (κ1) is 71.0. The molecule has 0 aliphatic carbocycles. The first-order valence-electron chi connectivity index (χ1n) is 43.4. The van der Waals surface area contributed by atoms with E-state index >= 15 is 0 Å². The van der Waals surface area contributed by atoms with Gasteiger partial charge >= 0.3 is 0 Å². The van der Waals surface area contributed by atoms with Gasteiger partial charge < -0.3 is 18.3 Å². The van der Waals surface area contributed by atoms with Crippen LogP contribution < -0.4 is 0 Å². The quantitative estimate of drug-likeness (QED) is 0.152. The van der Waals surface area contributed by atoms with Gasteiger partial charge in [0.05, 0.1) is 89.1 Å². The molecule has 0 radical (unpaired) electrons. The van der Waals surface area contributed by atoms with Crippen LogP contribution in [0.3, 0.4) is 0 Å². The Bertz CT molecular complexity index is 9570. The molecule has 8 heteroatoms. The number of aromatic nitrogens is 7. The molecule has 0 saturated heterocycles. The lowest BCUT2D eigenvalue weighted by Crippen LogP contribution is -1.98. The highest BCUT2D eigenvalue weighted by atomic mass is 32.1. The molecule has 0 saturated carbocycles. The van der Waals surface area contributed by atoms with Crippen LogP contribution in [0, 0.1) is 0 Å². The van der Waals surface area contributed by atoms with Gasteiger partial charge in [0.2, 0.25) is 0 Å². The van der Waals surface area contributed by atoms with Crippen molar-refractivity contribution in [2.24, 2.45) is 0 Å². The van der Waals surface area contributed by atoms with Crippen LogP contribution >= 0.6 is 11.3 Å². The molecule has 0 N–H and O–H groups in total. The average molecular weight is 1630 g/mol. The van der Waals surface area contributed by atoms with Crippen LogP contribution in [-0.2, 0) is 0 Å². The van der Waals surface area contributed by atoms with Crippen LogP contribution in [-0.4, -0.2) is 33.2 Å². The summed E-state index contributed by atoms with van der Waals surface area (Å²) < 4.78 is 12.5. The van der Waals surface area contributed by atoms with Gasteiger partial charge in [0, 0.05) is 124 Å². The minimum atomic E-state index is 0.882. The third kappa shape index (κ3) is 11.0. The van der Waals surface area contributed by atoms with Gasteiger partial charge in [0.1, 0.15) is 0 Å². The Balaban J connectivity index is 0.000000132. The fraction of sp³-hybridized carbons (Fsp3) is 0. The number of hydrogen-bond donors (Lipinski definition) is 0. The highest BCUT2D eigenvalue weighted by molar-refractivity contribution is 7.25. The van der Waals surface area contributed by atoms with E-state index in [4.69, 9.17) is 15.0 Å². The lowest BCUT2D eigenvalue weighted by atomic mass is 9.92. The number of hydrogen-bond acceptors (Lipinski definition) is 4. The number of para-hydroxylation sites is 6. The molecule has 28 rings (SSSR count). The van der Waals surface area contributed by atoms with E-state index in [9.17, 15) is 0 Å². The molecule has 7 heterocycles. The van der Waals surface area contributed by atoms with Crippen molar-refractivity contribution in [3.05, 3.63) is 431 Å². The predicted molar refractivity (Wildman–Crippen MR) is 538 cm³/mol. The number of thiophene rings is 1. The molecule has 0 spiro atoms. The van der Waals surface area contributed by atoms with Crippen molar-refractivity contribution >= 4 is 205 Å². The first-order chi connectivity index (χ1) is 63.0. The van der Waals surface area contributed by atoms with Gasteiger partial charge in [-0.2, -0.15) is 0 Å². The molecular weight excluding hydrogens is 1560 g/mol. The Kier molecular flexibility index (Phi) is 15.6. The molecule has 0 aliphatic rings. The highest BCUT2D eigenvalue weighted by Gasteiger charge is 2.26. The van der Waals surface area contributed by atoms with Crippen molar-refractivity contribution < 1.29 is 0 Å². The van der Waals surface area contributed by atoms with Gasteiger partial charge in [0.15, 0.2) is 0 Å². The largest absolute Gasteiger partial charge is 0.309 e. The Morgan fingerprint density at radius 3 is 1.38 bits per heavy atom. The van der Waals surface area contributed by atoms with E-state index in [0.717, 1.165) is 94.7 Å². The summed E-state index contributed by atoms with van der Waals surface area (Å²) in [5.74, 6) is 0. The Hall–Kier alpha value is -16.7. The summed E-state index contributed by atoms with van der Waals surface area (Å²) in [5, 5.41) is 28.2. The fourth-order valence-electron chi connectivity index (χ4n) is 20.9. The molecule has 0 amide bonds. The van der Waals surface area contributed by atoms with Crippen molar-refractivity contribution in [3.8, 4) is 67.6 Å². The van der Waals surface area contributed by atoms with E-state index in [1.165, 1.54) is 167 Å². The standard InChI is InChI=1S/C63H37N3S.C56H34N4/c1-3-17-42-38(14-1)30-32-49-46-18-4-9-26-57(46)66(63(42)49)58-27-11-16-39-34-51-47-19-5-8-25-55(47)65(59(51)37-50(39)58)56-28-13-22-43-44(21-12-23-45(43)56)53-35-40-15-2-7-24-54(40)64-62(53)41-31-33-61-52(36-41)48-20-6-10-29-60(48)67-61;1-2-13-36(14-3-1)54-55(58-50-20-10-9-19-49(50)57-54)41-23-22-40-31-42(26-24-39(40)30-41)59-52-29-27-43(34-48(52)47-32-37-15-4-5-16-38(37)33-53(47)59)60-51-21-11-8-18-45(51)46-28-25-35-12-6-7-17-44(35)56(46)60/h1-37H;1-34H. The Morgan fingerprint density at radius 2 is 0.630 bits per heavy atom. The van der Waals surface area contributed by atoms with E-state index in [0.29, 0.717) is 0 Å². The topological polar surface area (TPSA) is 58.4 Å². The van der Waals surface area contributed by atoms with Crippen LogP contribution in [0.15, 0.2) is 431 Å². The SMILES string of the molecule is c1ccc(-c2nc3ccccc3nc2-c2ccc3cc(-n4c5ccc(-n6c7ccccc7c7ccc8ccccc8c76)cc5c5cc6ccccc6cc54)ccc3c2)cc1.c1ccc2nc(-c3ccc4sc5ccccc5c4c3)c(-c3cccc4c(-n5c6ccccc6c6cc7cccc(-n8c9ccccc9c9ccc%10ccccc%10c98)c7cc65)cccc34)cc2c1. The Labute approximate surface area is 731 Å². The molecule has 0 fully saturated rings. The summed E-state index contributed by atoms with van der Waals surface area (Å²) in [6, 6.07) is 157. The minimum Gasteiger partial charge on any atom is -0.309 e. The monoisotopic (exact) mass is 1630 g/mol. The highest BCUT2D eigenvalue weighted by Crippen LogP contribution is 2.48. The summed E-state index contributed by atoms with van der Waals surface area (Å²) in [6.45, 7) is 0. The van der Waals surface area contributed by atoms with Crippen molar-refractivity contribution in [3.63, 3.8) is 0 Å². The van der Waals surface area contributed by atoms with Crippen molar-refractivity contribution in [2.45, 2.75) is 0 Å². The molecule has 0 aliphatic heterocycles. The molecule has 7 nitrogen and oxygen atoms in total. The summed E-state index contributed by atoms with van der Waals surface area (Å²) in [5.41, 5.74) is 25.2. The van der Waals surface area contributed by atoms with Gasteiger partial charge in [-0.05, 0) is 182 Å². The van der Waals surface area contributed by atoms with Crippen LogP contribution in [0.1, 0.15) is 0 Å². The zero-order valence-corrected chi connectivity index (χ0v) is 69.3. The molecule has 28 aromatic rings. The Morgan fingerprint density at radius 1 is 0.173 bits per heavy atom. The number of nitrogens with zero attached hydrogens (tertiary/aromatic N) is 7. The van der Waals surface area contributed by atoms with Gasteiger partial charge in [-0.3, -0.25) is 0 Å². The van der Waals surface area contributed by atoms with Gasteiger partial charge in [0.25, 0.3) is 0 Å². The number of rotatable bonds is 8. The van der Waals surface area contributed by atoms with E-state index in [1.54, 1.807) is 0 Å². The average Bonchev–Trinajstić information content (AvgIpc) is 1.57. The summed E-state index contributed by atoms with van der Waals surface area (Å²) in [6.07, 6.45) is 0. The first-order valence-corrected chi connectivity index (χ1v) is 44.2. The maximum atomic E-state index is 5.46. The maximum absolute atomic E-state index is 5.46. The lowest BCUT2D eigenvalue weighted by Gasteiger charge is -2.17. The van der Waals surface area contributed by atoms with Crippen LogP contribution in [0.25, 0.3) is 262 Å². The van der Waals surface area contributed by atoms with E-state index in [1.807, 2.05) is 41.7 Å². The summed E-state index contributed by atoms with van der Waals surface area (Å²) in [4.78, 5) is 15.8. The summed E-state index contributed by atoms with van der Waals surface area (Å²) in [7, 11) is 0. The van der Waals surface area contributed by atoms with E-state index in [-0.39, 0.29) is 0 Å². The summed E-state index contributed by atoms with van der Waals surface area (Å²) >= 11 is 1.85. The molecule has 21 aromatic carbocycles. The molecule has 588 valence electrons. The van der Waals surface area contributed by atoms with E-state index < -0.39 is 0 Å². The van der Waals surface area contributed by atoms with E-state index in [2.05, 4.69) is 419 Å². The predicted octanol–water partition coefficient (Wildman–Crippen LogP) is 32.2. The van der Waals surface area contributed by atoms with Gasteiger partial charge in [-0.15, -0.1) is 11.3 Å². The van der Waals surface area contributed by atoms with Crippen molar-refractivity contribution in [1.29, 1.82) is 0 Å². The molecular formula is C119H71N7S. The van der Waals surface area contributed by atoms with Crippen LogP contribution in [0.5, 0.6) is 0 Å². The molecule has 7 aromatic heterocycles. The second-order valence-corrected chi connectivity index (χ2v) is 34.7. The smallest absolute Gasteiger partial charge is 0.0973 e. The fourth-order valence-corrected chi connectivity index (χ4v) is 22.0. The zero-order valence-electron chi connectivity index (χ0n) is 68.5. The van der Waals surface area contributed by atoms with Crippen LogP contribution in [0.2, 0.25) is 0 Å². The minimum absolute atomic E-state index is 0.882. The third-order valence-electron chi connectivity index (χ3n) is 26.7. The number of benzene rings is 21. The molecule has 0 bridgehead atoms. The molecule has 127 heavy (non-hydrogen) atoms. The lowest BCUT2D eigenvalue weighted by molar-refractivity contribution is 1.17. The number of pyridine rings is 1. The van der Waals surface area contributed by atoms with Gasteiger partial charge in [-0.25, -0.2) is 15.0 Å². The second kappa shape index (κ2) is 27.9. The second-order valence-electron chi connectivity index (χ2n) is 33.6. The normalized spacial score (nSPS) is 12.1. The van der Waals surface area contributed by atoms with Crippen molar-refractivity contribution in [2.75, 3.05) is 0 Å². The molecule has 0 unspecified atom stereocenters. The zero-order chi connectivity index (χ0) is 83.1. The third-order valence-corrected chi connectivity index (χ3v) is 27.8. The van der Waals surface area contributed by atoms with Crippen molar-refractivity contribution in [1.82, 2.24) is 33.2 Å².